The summed E-state index contributed by atoms with van der Waals surface area (Å²) in [6.07, 6.45) is 5.24. The third-order valence-corrected chi connectivity index (χ3v) is 5.00. The molecule has 1 N–H and O–H groups in total. The number of aromatic nitrogens is 3. The van der Waals surface area contributed by atoms with E-state index in [4.69, 9.17) is 14.2 Å². The van der Waals surface area contributed by atoms with Gasteiger partial charge in [0.15, 0.2) is 0 Å². The molecule has 0 spiro atoms. The Bertz CT molecular complexity index is 1020. The maximum Gasteiger partial charge on any atom is 0.244 e. The van der Waals surface area contributed by atoms with E-state index in [1.54, 1.807) is 51.0 Å². The van der Waals surface area contributed by atoms with Crippen LogP contribution in [0, 0.1) is 0 Å². The van der Waals surface area contributed by atoms with Crippen LogP contribution >= 0.6 is 0 Å². The molecule has 31 heavy (non-hydrogen) atoms. The summed E-state index contributed by atoms with van der Waals surface area (Å²) in [7, 11) is 3.13. The molecule has 162 valence electrons. The van der Waals surface area contributed by atoms with E-state index in [0.717, 1.165) is 24.5 Å². The Morgan fingerprint density at radius 2 is 1.81 bits per heavy atom. The molecule has 1 saturated heterocycles. The second kappa shape index (κ2) is 9.48. The number of pyridine rings is 1. The van der Waals surface area contributed by atoms with Crippen molar-refractivity contribution in [2.24, 2.45) is 0 Å². The van der Waals surface area contributed by atoms with Gasteiger partial charge in [-0.3, -0.25) is 4.79 Å². The van der Waals surface area contributed by atoms with Gasteiger partial charge < -0.3 is 29.0 Å². The summed E-state index contributed by atoms with van der Waals surface area (Å²) in [5.41, 5.74) is 1.50. The van der Waals surface area contributed by atoms with Gasteiger partial charge in [-0.1, -0.05) is 0 Å². The van der Waals surface area contributed by atoms with Crippen molar-refractivity contribution in [3.8, 4) is 22.9 Å². The number of ether oxygens (including phenoxy) is 3. The minimum absolute atomic E-state index is 0.115. The van der Waals surface area contributed by atoms with Crippen molar-refractivity contribution in [1.29, 1.82) is 0 Å². The number of hydrogen-bond acceptors (Lipinski definition) is 7. The zero-order chi connectivity index (χ0) is 21.6. The number of rotatable bonds is 7. The Kier molecular flexibility index (Phi) is 6.32. The molecule has 2 aromatic heterocycles. The first-order chi connectivity index (χ1) is 15.2. The Hall–Kier alpha value is -3.59. The van der Waals surface area contributed by atoms with Gasteiger partial charge in [-0.25, -0.2) is 9.97 Å². The van der Waals surface area contributed by atoms with Crippen molar-refractivity contribution in [2.75, 3.05) is 50.7 Å². The molecule has 0 aliphatic carbocycles. The quantitative estimate of drug-likeness (QED) is 0.624. The van der Waals surface area contributed by atoms with Crippen molar-refractivity contribution >= 4 is 17.4 Å². The van der Waals surface area contributed by atoms with Crippen LogP contribution < -0.4 is 19.7 Å². The molecule has 1 aliphatic heterocycles. The predicted molar refractivity (Wildman–Crippen MR) is 117 cm³/mol. The minimum Gasteiger partial charge on any atom is -0.497 e. The first-order valence-corrected chi connectivity index (χ1v) is 9.99. The van der Waals surface area contributed by atoms with Crippen molar-refractivity contribution in [2.45, 2.75) is 6.54 Å². The van der Waals surface area contributed by atoms with Crippen LogP contribution in [0.3, 0.4) is 0 Å². The van der Waals surface area contributed by atoms with E-state index in [0.29, 0.717) is 36.2 Å². The zero-order valence-electron chi connectivity index (χ0n) is 17.6. The second-order valence-corrected chi connectivity index (χ2v) is 7.03. The highest BCUT2D eigenvalue weighted by Crippen LogP contribution is 2.26. The number of anilines is 2. The average molecular weight is 423 g/mol. The van der Waals surface area contributed by atoms with E-state index in [1.807, 2.05) is 16.7 Å². The number of benzene rings is 1. The van der Waals surface area contributed by atoms with E-state index < -0.39 is 0 Å². The first kappa shape index (κ1) is 20.7. The Balaban J connectivity index is 1.49. The van der Waals surface area contributed by atoms with Crippen LogP contribution in [-0.4, -0.2) is 61.0 Å². The molecule has 0 radical (unpaired) electrons. The molecule has 0 saturated carbocycles. The summed E-state index contributed by atoms with van der Waals surface area (Å²) < 4.78 is 17.7. The number of amides is 1. The fraction of sp³-hybridized carbons (Fsp3) is 0.318. The van der Waals surface area contributed by atoms with Gasteiger partial charge in [0.25, 0.3) is 0 Å². The highest BCUT2D eigenvalue weighted by molar-refractivity contribution is 5.91. The molecule has 1 aliphatic rings. The lowest BCUT2D eigenvalue weighted by molar-refractivity contribution is -0.116. The zero-order valence-corrected chi connectivity index (χ0v) is 17.6. The Morgan fingerprint density at radius 1 is 1.06 bits per heavy atom. The Labute approximate surface area is 180 Å². The molecule has 0 atom stereocenters. The molecule has 3 heterocycles. The topological polar surface area (TPSA) is 90.7 Å². The van der Waals surface area contributed by atoms with Gasteiger partial charge in [-0.2, -0.15) is 0 Å². The lowest BCUT2D eigenvalue weighted by atomic mass is 10.2. The van der Waals surface area contributed by atoms with Crippen molar-refractivity contribution in [3.05, 3.63) is 48.9 Å². The summed E-state index contributed by atoms with van der Waals surface area (Å²) in [6, 6.07) is 9.13. The monoisotopic (exact) mass is 423 g/mol. The van der Waals surface area contributed by atoms with Gasteiger partial charge >= 0.3 is 0 Å². The minimum atomic E-state index is -0.183. The van der Waals surface area contributed by atoms with Gasteiger partial charge in [0.2, 0.25) is 5.91 Å². The van der Waals surface area contributed by atoms with Crippen molar-refractivity contribution in [3.63, 3.8) is 0 Å². The van der Waals surface area contributed by atoms with Crippen LogP contribution in [0.5, 0.6) is 11.5 Å². The van der Waals surface area contributed by atoms with Crippen molar-refractivity contribution < 1.29 is 19.0 Å². The molecule has 0 bridgehead atoms. The van der Waals surface area contributed by atoms with Gasteiger partial charge in [0, 0.05) is 61.1 Å². The smallest absolute Gasteiger partial charge is 0.244 e. The lowest BCUT2D eigenvalue weighted by Crippen LogP contribution is -2.36. The van der Waals surface area contributed by atoms with Crippen LogP contribution in [0.1, 0.15) is 0 Å². The van der Waals surface area contributed by atoms with E-state index in [2.05, 4.69) is 20.2 Å². The maximum atomic E-state index is 12.7. The van der Waals surface area contributed by atoms with Crippen LogP contribution in [-0.2, 0) is 16.1 Å². The molecule has 4 rings (SSSR count). The number of imidazole rings is 1. The van der Waals surface area contributed by atoms with Crippen molar-refractivity contribution in [1.82, 2.24) is 14.5 Å². The van der Waals surface area contributed by atoms with Gasteiger partial charge in [0.1, 0.15) is 29.7 Å². The number of carbonyl (C=O) groups excluding carboxylic acids is 1. The summed E-state index contributed by atoms with van der Waals surface area (Å²) in [5.74, 6) is 2.60. The summed E-state index contributed by atoms with van der Waals surface area (Å²) >= 11 is 0. The SMILES string of the molecule is COc1cc(NC(=O)Cn2ccnc2-c2ccnc(N3CCOCC3)c2)cc(OC)c1. The predicted octanol–water partition coefficient (Wildman–Crippen LogP) is 2.44. The third-order valence-electron chi connectivity index (χ3n) is 5.00. The van der Waals surface area contributed by atoms with E-state index >= 15 is 0 Å². The van der Waals surface area contributed by atoms with Crippen LogP contribution in [0.2, 0.25) is 0 Å². The van der Waals surface area contributed by atoms with Gasteiger partial charge in [-0.15, -0.1) is 0 Å². The summed E-state index contributed by atoms with van der Waals surface area (Å²) in [6.45, 7) is 3.10. The maximum absolute atomic E-state index is 12.7. The van der Waals surface area contributed by atoms with Gasteiger partial charge in [-0.05, 0) is 12.1 Å². The number of morpholine rings is 1. The molecular formula is C22H25N5O4. The van der Waals surface area contributed by atoms with Crippen LogP contribution in [0.25, 0.3) is 11.4 Å². The van der Waals surface area contributed by atoms with E-state index in [9.17, 15) is 4.79 Å². The first-order valence-electron chi connectivity index (χ1n) is 9.99. The number of methoxy groups -OCH3 is 2. The number of nitrogens with zero attached hydrogens (tertiary/aromatic N) is 4. The molecular weight excluding hydrogens is 398 g/mol. The van der Waals surface area contributed by atoms with E-state index in [-0.39, 0.29) is 12.5 Å². The molecule has 3 aromatic rings. The average Bonchev–Trinajstić information content (AvgIpc) is 3.27. The van der Waals surface area contributed by atoms with Crippen LogP contribution in [0.4, 0.5) is 11.5 Å². The fourth-order valence-electron chi connectivity index (χ4n) is 3.45. The molecule has 1 amide bonds. The number of carbonyl (C=O) groups is 1. The third kappa shape index (κ3) is 4.95. The van der Waals surface area contributed by atoms with Crippen LogP contribution in [0.15, 0.2) is 48.9 Å². The number of nitrogens with one attached hydrogen (secondary N) is 1. The van der Waals surface area contributed by atoms with E-state index in [1.165, 1.54) is 0 Å². The second-order valence-electron chi connectivity index (χ2n) is 7.03. The molecule has 9 nitrogen and oxygen atoms in total. The molecule has 9 heteroatoms. The highest BCUT2D eigenvalue weighted by Gasteiger charge is 2.15. The fourth-order valence-corrected chi connectivity index (χ4v) is 3.45. The largest absolute Gasteiger partial charge is 0.497 e. The normalized spacial score (nSPS) is 13.7. The standard InChI is InChI=1S/C22H25N5O4/c1-29-18-12-17(13-19(14-18)30-2)25-21(28)15-27-6-5-24-22(27)16-3-4-23-20(11-16)26-7-9-31-10-8-26/h3-6,11-14H,7-10,15H2,1-2H3,(H,25,28). The summed E-state index contributed by atoms with van der Waals surface area (Å²) in [4.78, 5) is 23.8. The molecule has 1 fully saturated rings. The molecule has 1 aromatic carbocycles. The number of hydrogen-bond donors (Lipinski definition) is 1. The highest BCUT2D eigenvalue weighted by atomic mass is 16.5. The lowest BCUT2D eigenvalue weighted by Gasteiger charge is -2.28. The summed E-state index contributed by atoms with van der Waals surface area (Å²) in [5, 5.41) is 2.89. The molecule has 0 unspecified atom stereocenters. The van der Waals surface area contributed by atoms with Gasteiger partial charge in [0.05, 0.1) is 27.4 Å². The Morgan fingerprint density at radius 3 is 2.52 bits per heavy atom.